The number of aliphatic imine (C=N–C) groups is 1. The van der Waals surface area contributed by atoms with Gasteiger partial charge in [-0.3, -0.25) is 4.99 Å². The van der Waals surface area contributed by atoms with Crippen molar-refractivity contribution in [3.05, 3.63) is 89.3 Å². The van der Waals surface area contributed by atoms with Gasteiger partial charge >= 0.3 is 6.36 Å². The lowest BCUT2D eigenvalue weighted by atomic mass is 9.98. The van der Waals surface area contributed by atoms with E-state index in [9.17, 15) is 26.5 Å². The van der Waals surface area contributed by atoms with Gasteiger partial charge in [-0.1, -0.05) is 23.4 Å². The molecule has 0 aliphatic rings. The Morgan fingerprint density at radius 2 is 1.73 bits per heavy atom. The first-order chi connectivity index (χ1) is 19.3. The Morgan fingerprint density at radius 1 is 1.05 bits per heavy atom. The molecule has 0 unspecified atom stereocenters. The summed E-state index contributed by atoms with van der Waals surface area (Å²) in [6, 6.07) is 16.7. The van der Waals surface area contributed by atoms with Gasteiger partial charge < -0.3 is 14.9 Å². The Labute approximate surface area is 233 Å². The molecule has 0 spiro atoms. The van der Waals surface area contributed by atoms with Crippen LogP contribution in [0.1, 0.15) is 5.89 Å². The van der Waals surface area contributed by atoms with Gasteiger partial charge in [0.05, 0.1) is 10.6 Å². The highest BCUT2D eigenvalue weighted by molar-refractivity contribution is 7.90. The van der Waals surface area contributed by atoms with Gasteiger partial charge in [-0.15, -0.1) is 13.2 Å². The van der Waals surface area contributed by atoms with Crippen molar-refractivity contribution in [3.8, 4) is 39.5 Å². The number of hydrogen-bond acceptors (Lipinski definition) is 9. The van der Waals surface area contributed by atoms with Crippen LogP contribution in [0.4, 0.5) is 18.9 Å². The average molecular weight is 585 g/mol. The van der Waals surface area contributed by atoms with Crippen LogP contribution in [0.5, 0.6) is 5.75 Å². The molecule has 0 amide bonds. The molecule has 0 atom stereocenters. The zero-order chi connectivity index (χ0) is 29.8. The summed E-state index contributed by atoms with van der Waals surface area (Å²) in [6.07, 6.45) is -0.919. The number of halogens is 3. The molecule has 0 saturated carbocycles. The molecule has 0 aliphatic heterocycles. The number of aromatic nitrogens is 1. The van der Waals surface area contributed by atoms with Crippen LogP contribution in [-0.4, -0.2) is 38.8 Å². The topological polar surface area (TPSA) is 137 Å². The van der Waals surface area contributed by atoms with Gasteiger partial charge in [-0.25, -0.2) is 13.4 Å². The van der Waals surface area contributed by atoms with E-state index in [1.165, 1.54) is 30.5 Å². The zero-order valence-electron chi connectivity index (χ0n) is 21.7. The highest BCUT2D eigenvalue weighted by Crippen LogP contribution is 2.41. The molecular weight excluding hydrogens is 561 g/mol. The van der Waals surface area contributed by atoms with E-state index in [4.69, 9.17) is 10.2 Å². The van der Waals surface area contributed by atoms with Crippen molar-refractivity contribution in [2.45, 2.75) is 18.2 Å². The van der Waals surface area contributed by atoms with Gasteiger partial charge in [-0.2, -0.15) is 4.91 Å². The number of ether oxygens (including phenoxy) is 1. The van der Waals surface area contributed by atoms with Crippen LogP contribution in [0.3, 0.4) is 0 Å². The van der Waals surface area contributed by atoms with Crippen molar-refractivity contribution < 1.29 is 30.7 Å². The molecule has 1 aromatic heterocycles. The van der Waals surface area contributed by atoms with Crippen LogP contribution in [0, 0.1) is 11.8 Å². The number of benzene rings is 3. The number of nitrogens with two attached hydrogens (primary N) is 1. The van der Waals surface area contributed by atoms with E-state index in [2.05, 4.69) is 19.9 Å². The lowest BCUT2D eigenvalue weighted by molar-refractivity contribution is -0.274. The Hall–Kier alpha value is -4.78. The maximum absolute atomic E-state index is 12.6. The second-order valence-corrected chi connectivity index (χ2v) is 10.8. The molecule has 0 aliphatic carbocycles. The molecule has 3 aromatic carbocycles. The fourth-order valence-electron chi connectivity index (χ4n) is 3.88. The highest BCUT2D eigenvalue weighted by atomic mass is 32.2. The molecule has 13 heteroatoms. The predicted octanol–water partition coefficient (Wildman–Crippen LogP) is 6.60. The highest BCUT2D eigenvalue weighted by Gasteiger charge is 2.31. The molecule has 0 radical (unpaired) electrons. The molecule has 9 nitrogen and oxygen atoms in total. The summed E-state index contributed by atoms with van der Waals surface area (Å²) in [6.45, 7) is 1.40. The number of oxazole rings is 1. The predicted molar refractivity (Wildman–Crippen MR) is 148 cm³/mol. The number of alkyl halides is 3. The smallest absolute Gasteiger partial charge is 0.440 e. The van der Waals surface area contributed by atoms with E-state index in [0.29, 0.717) is 33.6 Å². The van der Waals surface area contributed by atoms with Crippen LogP contribution in [0.15, 0.2) is 98.0 Å². The van der Waals surface area contributed by atoms with Gasteiger partial charge in [-0.05, 0) is 65.7 Å². The lowest BCUT2D eigenvalue weighted by Gasteiger charge is -2.11. The first-order valence-corrected chi connectivity index (χ1v) is 13.8. The SMILES string of the molecule is Cc1nc(-c2ccc(OC(F)(F)F)cc2)c(-c2cc(-c3cccc(S(C)(=O)=O)c3)ccc2N=CC=C(N)CN=O)o1. The van der Waals surface area contributed by atoms with Gasteiger partial charge in [0.1, 0.15) is 18.0 Å². The van der Waals surface area contributed by atoms with Crippen LogP contribution in [0.25, 0.3) is 33.7 Å². The summed E-state index contributed by atoms with van der Waals surface area (Å²) in [5.74, 6) is 0.160. The summed E-state index contributed by atoms with van der Waals surface area (Å²) in [4.78, 5) is 19.5. The van der Waals surface area contributed by atoms with Gasteiger partial charge in [0.15, 0.2) is 21.5 Å². The van der Waals surface area contributed by atoms with Crippen molar-refractivity contribution in [1.82, 2.24) is 4.98 Å². The van der Waals surface area contributed by atoms with Crippen LogP contribution in [-0.2, 0) is 9.84 Å². The summed E-state index contributed by atoms with van der Waals surface area (Å²) in [5, 5.41) is 2.73. The van der Waals surface area contributed by atoms with Crippen molar-refractivity contribution in [2.75, 3.05) is 12.8 Å². The van der Waals surface area contributed by atoms with Crippen molar-refractivity contribution >= 4 is 21.7 Å². The van der Waals surface area contributed by atoms with E-state index in [1.807, 2.05) is 0 Å². The number of sulfone groups is 1. The standard InChI is InChI=1S/C28H23F3N4O5S/c1-17-35-26(18-6-9-22(10-7-18)40-28(29,30)31)27(39-17)24-15-20(19-4-3-5-23(14-19)41(2,37)38)8-11-25(24)33-13-12-21(32)16-34-36/h3-15H,16,32H2,1-2H3. The largest absolute Gasteiger partial charge is 0.573 e. The molecule has 0 saturated heterocycles. The number of rotatable bonds is 9. The Kier molecular flexibility index (Phi) is 8.38. The number of allylic oxidation sites excluding steroid dienone is 1. The van der Waals surface area contributed by atoms with E-state index in [1.54, 1.807) is 43.3 Å². The van der Waals surface area contributed by atoms with Gasteiger partial charge in [0.2, 0.25) is 0 Å². The van der Waals surface area contributed by atoms with Crippen molar-refractivity contribution in [3.63, 3.8) is 0 Å². The van der Waals surface area contributed by atoms with Crippen LogP contribution >= 0.6 is 0 Å². The quantitative estimate of drug-likeness (QED) is 0.173. The first-order valence-electron chi connectivity index (χ1n) is 11.9. The van der Waals surface area contributed by atoms with Crippen molar-refractivity contribution in [2.24, 2.45) is 15.9 Å². The lowest BCUT2D eigenvalue weighted by Crippen LogP contribution is -2.16. The third-order valence-corrected chi connectivity index (χ3v) is 6.79. The average Bonchev–Trinajstić information content (AvgIpc) is 3.29. The third-order valence-electron chi connectivity index (χ3n) is 5.68. The van der Waals surface area contributed by atoms with E-state index >= 15 is 0 Å². The summed E-state index contributed by atoms with van der Waals surface area (Å²) < 4.78 is 72.1. The molecule has 1 heterocycles. The number of nitroso groups, excluding NO2 is 1. The monoisotopic (exact) mass is 584 g/mol. The molecule has 4 aromatic rings. The maximum Gasteiger partial charge on any atom is 0.573 e. The zero-order valence-corrected chi connectivity index (χ0v) is 22.5. The number of aryl methyl sites for hydroxylation is 1. The second-order valence-electron chi connectivity index (χ2n) is 8.82. The van der Waals surface area contributed by atoms with Crippen LogP contribution < -0.4 is 10.5 Å². The summed E-state index contributed by atoms with van der Waals surface area (Å²) in [5.41, 5.74) is 8.80. The minimum Gasteiger partial charge on any atom is -0.440 e. The minimum absolute atomic E-state index is 0.139. The molecule has 0 fully saturated rings. The molecule has 4 rings (SSSR count). The fourth-order valence-corrected chi connectivity index (χ4v) is 4.54. The Morgan fingerprint density at radius 3 is 2.39 bits per heavy atom. The molecular formula is C28H23F3N4O5S. The Balaban J connectivity index is 1.86. The number of hydrogen-bond donors (Lipinski definition) is 1. The van der Waals surface area contributed by atoms with E-state index < -0.39 is 21.9 Å². The third kappa shape index (κ3) is 7.45. The first kappa shape index (κ1) is 29.2. The van der Waals surface area contributed by atoms with Crippen molar-refractivity contribution in [1.29, 1.82) is 0 Å². The number of nitrogens with zero attached hydrogens (tertiary/aromatic N) is 3. The van der Waals surface area contributed by atoms with Crippen LogP contribution in [0.2, 0.25) is 0 Å². The minimum atomic E-state index is -4.83. The molecule has 0 bridgehead atoms. The summed E-state index contributed by atoms with van der Waals surface area (Å²) in [7, 11) is -3.46. The fraction of sp³-hybridized carbons (Fsp3) is 0.143. The molecule has 2 N–H and O–H groups in total. The maximum atomic E-state index is 12.6. The van der Waals surface area contributed by atoms with E-state index in [0.717, 1.165) is 18.4 Å². The van der Waals surface area contributed by atoms with E-state index in [-0.39, 0.29) is 28.8 Å². The molecule has 41 heavy (non-hydrogen) atoms. The second kappa shape index (κ2) is 11.8. The normalized spacial score (nSPS) is 12.6. The molecule has 212 valence electrons. The van der Waals surface area contributed by atoms with Gasteiger partial charge in [0.25, 0.3) is 0 Å². The summed E-state index contributed by atoms with van der Waals surface area (Å²) >= 11 is 0. The Bertz CT molecular complexity index is 1750. The van der Waals surface area contributed by atoms with Gasteiger partial charge in [0, 0.05) is 36.2 Å².